The van der Waals surface area contributed by atoms with Crippen molar-refractivity contribution >= 4 is 0 Å². The van der Waals surface area contributed by atoms with Crippen LogP contribution in [-0.4, -0.2) is 16.8 Å². The molecular formula is C13H22O2. The quantitative estimate of drug-likeness (QED) is 0.805. The van der Waals surface area contributed by atoms with E-state index in [-0.39, 0.29) is 6.61 Å². The van der Waals surface area contributed by atoms with E-state index in [4.69, 9.17) is 5.11 Å². The lowest BCUT2D eigenvalue weighted by Crippen LogP contribution is -1.86. The largest absolute Gasteiger partial charge is 0.508 e. The van der Waals surface area contributed by atoms with Gasteiger partial charge in [-0.3, -0.25) is 0 Å². The number of benzene rings is 1. The van der Waals surface area contributed by atoms with E-state index in [9.17, 15) is 5.11 Å². The average Bonchev–Trinajstić information content (AvgIpc) is 2.21. The molecule has 15 heavy (non-hydrogen) atoms. The summed E-state index contributed by atoms with van der Waals surface area (Å²) in [7, 11) is 0. The van der Waals surface area contributed by atoms with Gasteiger partial charge in [-0.1, -0.05) is 31.0 Å². The summed E-state index contributed by atoms with van der Waals surface area (Å²) in [4.78, 5) is 0. The van der Waals surface area contributed by atoms with Gasteiger partial charge in [0.2, 0.25) is 0 Å². The Hall–Kier alpha value is -1.02. The fraction of sp³-hybridized carbons (Fsp3) is 0.538. The molecule has 1 aromatic carbocycles. The molecule has 0 amide bonds. The van der Waals surface area contributed by atoms with Crippen molar-refractivity contribution in [2.24, 2.45) is 0 Å². The number of aliphatic hydroxyl groups is 1. The number of rotatable bonds is 3. The second-order valence-corrected chi connectivity index (χ2v) is 3.55. The van der Waals surface area contributed by atoms with Crippen LogP contribution in [0.15, 0.2) is 18.2 Å². The van der Waals surface area contributed by atoms with Gasteiger partial charge in [-0.05, 0) is 38.3 Å². The Kier molecular flexibility index (Phi) is 7.74. The molecule has 0 radical (unpaired) electrons. The predicted octanol–water partition coefficient (Wildman–Crippen LogP) is 3.04. The van der Waals surface area contributed by atoms with Crippen LogP contribution in [0, 0.1) is 6.92 Å². The highest BCUT2D eigenvalue weighted by Crippen LogP contribution is 2.19. The lowest BCUT2D eigenvalue weighted by atomic mass is 10.1. The van der Waals surface area contributed by atoms with Crippen molar-refractivity contribution in [3.05, 3.63) is 29.3 Å². The Bertz CT molecular complexity index is 269. The van der Waals surface area contributed by atoms with Crippen LogP contribution in [-0.2, 0) is 6.42 Å². The molecule has 86 valence electrons. The molecule has 0 fully saturated rings. The summed E-state index contributed by atoms with van der Waals surface area (Å²) in [5.41, 5.74) is 2.30. The van der Waals surface area contributed by atoms with Crippen LogP contribution in [0.1, 0.15) is 37.8 Å². The summed E-state index contributed by atoms with van der Waals surface area (Å²) in [6, 6.07) is 5.77. The number of unbranched alkanes of at least 4 members (excludes halogenated alkanes) is 1. The average molecular weight is 210 g/mol. The van der Waals surface area contributed by atoms with Crippen LogP contribution < -0.4 is 0 Å². The summed E-state index contributed by atoms with van der Waals surface area (Å²) in [6.45, 7) is 6.14. The van der Waals surface area contributed by atoms with Crippen molar-refractivity contribution in [2.45, 2.75) is 40.0 Å². The Morgan fingerprint density at radius 2 is 1.80 bits per heavy atom. The molecule has 0 atom stereocenters. The monoisotopic (exact) mass is 210 g/mol. The van der Waals surface area contributed by atoms with E-state index in [0.717, 1.165) is 18.4 Å². The van der Waals surface area contributed by atoms with E-state index >= 15 is 0 Å². The van der Waals surface area contributed by atoms with Gasteiger partial charge in [0.15, 0.2) is 0 Å². The molecule has 0 spiro atoms. The van der Waals surface area contributed by atoms with E-state index in [1.54, 1.807) is 13.0 Å². The molecule has 2 nitrogen and oxygen atoms in total. The van der Waals surface area contributed by atoms with Crippen molar-refractivity contribution in [1.29, 1.82) is 0 Å². The Morgan fingerprint density at radius 1 is 1.20 bits per heavy atom. The first kappa shape index (κ1) is 14.0. The Labute approximate surface area is 92.6 Å². The van der Waals surface area contributed by atoms with Gasteiger partial charge in [-0.25, -0.2) is 0 Å². The van der Waals surface area contributed by atoms with Crippen LogP contribution in [0.25, 0.3) is 0 Å². The molecule has 0 saturated carbocycles. The summed E-state index contributed by atoms with van der Waals surface area (Å²) >= 11 is 0. The maximum Gasteiger partial charge on any atom is 0.118 e. The van der Waals surface area contributed by atoms with Gasteiger partial charge in [-0.2, -0.15) is 0 Å². The number of aryl methyl sites for hydroxylation is 2. The smallest absolute Gasteiger partial charge is 0.118 e. The minimum atomic E-state index is 0.250. The van der Waals surface area contributed by atoms with E-state index in [2.05, 4.69) is 19.9 Å². The zero-order valence-corrected chi connectivity index (χ0v) is 9.95. The number of phenols is 1. The van der Waals surface area contributed by atoms with Gasteiger partial charge in [0.1, 0.15) is 5.75 Å². The lowest BCUT2D eigenvalue weighted by molar-refractivity contribution is 0.318. The third kappa shape index (κ3) is 6.13. The van der Waals surface area contributed by atoms with E-state index in [0.29, 0.717) is 5.75 Å². The highest BCUT2D eigenvalue weighted by Gasteiger charge is 1.99. The van der Waals surface area contributed by atoms with Crippen molar-refractivity contribution in [3.63, 3.8) is 0 Å². The first-order valence-corrected chi connectivity index (χ1v) is 5.55. The predicted molar refractivity (Wildman–Crippen MR) is 64.2 cm³/mol. The van der Waals surface area contributed by atoms with E-state index < -0.39 is 0 Å². The molecule has 0 aliphatic rings. The molecule has 0 heterocycles. The maximum absolute atomic E-state index is 9.46. The Morgan fingerprint density at radius 3 is 2.33 bits per heavy atom. The summed E-state index contributed by atoms with van der Waals surface area (Å²) < 4.78 is 0. The fourth-order valence-electron chi connectivity index (χ4n) is 1.28. The van der Waals surface area contributed by atoms with Gasteiger partial charge in [-0.15, -0.1) is 0 Å². The molecule has 2 heteroatoms. The van der Waals surface area contributed by atoms with E-state index in [1.807, 2.05) is 6.07 Å². The highest BCUT2D eigenvalue weighted by atomic mass is 16.3. The van der Waals surface area contributed by atoms with Crippen molar-refractivity contribution in [1.82, 2.24) is 0 Å². The third-order valence-electron chi connectivity index (χ3n) is 2.03. The first-order chi connectivity index (χ1) is 7.15. The zero-order chi connectivity index (χ0) is 11.7. The summed E-state index contributed by atoms with van der Waals surface area (Å²) in [6.07, 6.45) is 3.31. The van der Waals surface area contributed by atoms with Crippen LogP contribution in [0.3, 0.4) is 0 Å². The van der Waals surface area contributed by atoms with E-state index in [1.165, 1.54) is 12.0 Å². The van der Waals surface area contributed by atoms with Gasteiger partial charge < -0.3 is 10.2 Å². The van der Waals surface area contributed by atoms with Crippen LogP contribution in [0.5, 0.6) is 5.75 Å². The molecule has 1 aromatic rings. The van der Waals surface area contributed by atoms with Gasteiger partial charge in [0, 0.05) is 6.61 Å². The summed E-state index contributed by atoms with van der Waals surface area (Å²) in [5, 5.41) is 17.0. The minimum Gasteiger partial charge on any atom is -0.508 e. The zero-order valence-electron chi connectivity index (χ0n) is 9.95. The maximum atomic E-state index is 9.46. The molecule has 0 bridgehead atoms. The van der Waals surface area contributed by atoms with Crippen molar-refractivity contribution in [2.75, 3.05) is 6.61 Å². The highest BCUT2D eigenvalue weighted by molar-refractivity contribution is 5.35. The van der Waals surface area contributed by atoms with Crippen LogP contribution >= 0.6 is 0 Å². The van der Waals surface area contributed by atoms with Gasteiger partial charge >= 0.3 is 0 Å². The van der Waals surface area contributed by atoms with Gasteiger partial charge in [0.05, 0.1) is 0 Å². The number of aliphatic hydroxyl groups excluding tert-OH is 1. The lowest BCUT2D eigenvalue weighted by Gasteiger charge is -2.04. The summed E-state index contributed by atoms with van der Waals surface area (Å²) in [5.74, 6) is 0.439. The fourth-order valence-corrected chi connectivity index (χ4v) is 1.28. The standard InChI is InChI=1S/C11H16O.C2H6O/c1-3-4-5-10-8-9(2)6-7-11(10)12;1-2-3/h6-8,12H,3-5H2,1-2H3;3H,2H2,1H3. The second kappa shape index (κ2) is 8.30. The van der Waals surface area contributed by atoms with Crippen LogP contribution in [0.2, 0.25) is 0 Å². The molecule has 0 aromatic heterocycles. The molecular weight excluding hydrogens is 188 g/mol. The molecule has 0 aliphatic heterocycles. The second-order valence-electron chi connectivity index (χ2n) is 3.55. The number of phenolic OH excluding ortho intramolecular Hbond substituents is 1. The first-order valence-electron chi connectivity index (χ1n) is 5.55. The molecule has 1 rings (SSSR count). The SMILES string of the molecule is CCCCc1cc(C)ccc1O.CCO. The minimum absolute atomic E-state index is 0.250. The van der Waals surface area contributed by atoms with Crippen molar-refractivity contribution < 1.29 is 10.2 Å². The number of aromatic hydroxyl groups is 1. The topological polar surface area (TPSA) is 40.5 Å². The number of hydrogen-bond acceptors (Lipinski definition) is 2. The molecule has 2 N–H and O–H groups in total. The number of hydrogen-bond donors (Lipinski definition) is 2. The molecule has 0 unspecified atom stereocenters. The molecule has 0 saturated heterocycles. The Balaban J connectivity index is 0.000000583. The third-order valence-corrected chi connectivity index (χ3v) is 2.03. The normalized spacial score (nSPS) is 9.33. The molecule has 0 aliphatic carbocycles. The van der Waals surface area contributed by atoms with Gasteiger partial charge in [0.25, 0.3) is 0 Å². The van der Waals surface area contributed by atoms with Crippen LogP contribution in [0.4, 0.5) is 0 Å². The van der Waals surface area contributed by atoms with Crippen molar-refractivity contribution in [3.8, 4) is 5.75 Å².